The molecule has 3 rings (SSSR count). The SMILES string of the molecule is C=C/C(=C\C=C(C)C)c1nc2ccc(-c3cccnc3)cc2[nH]1. The van der Waals surface area contributed by atoms with Crippen LogP contribution in [-0.2, 0) is 0 Å². The molecule has 0 aliphatic rings. The highest BCUT2D eigenvalue weighted by Crippen LogP contribution is 2.24. The smallest absolute Gasteiger partial charge is 0.138 e. The fourth-order valence-corrected chi connectivity index (χ4v) is 2.36. The second-order valence-electron chi connectivity index (χ2n) is 5.63. The Labute approximate surface area is 136 Å². The van der Waals surface area contributed by atoms with E-state index in [-0.39, 0.29) is 0 Å². The fourth-order valence-electron chi connectivity index (χ4n) is 2.36. The van der Waals surface area contributed by atoms with Crippen LogP contribution in [0.1, 0.15) is 19.7 Å². The molecule has 1 N–H and O–H groups in total. The van der Waals surface area contributed by atoms with Crippen LogP contribution in [0.3, 0.4) is 0 Å². The molecule has 0 aliphatic carbocycles. The van der Waals surface area contributed by atoms with Gasteiger partial charge in [0.1, 0.15) is 5.82 Å². The predicted molar refractivity (Wildman–Crippen MR) is 96.9 cm³/mol. The van der Waals surface area contributed by atoms with Crippen molar-refractivity contribution in [1.82, 2.24) is 15.0 Å². The average Bonchev–Trinajstić information content (AvgIpc) is 2.99. The quantitative estimate of drug-likeness (QED) is 0.676. The van der Waals surface area contributed by atoms with Gasteiger partial charge in [0, 0.05) is 23.5 Å². The summed E-state index contributed by atoms with van der Waals surface area (Å²) in [7, 11) is 0. The second kappa shape index (κ2) is 6.44. The van der Waals surface area contributed by atoms with E-state index in [2.05, 4.69) is 59.7 Å². The van der Waals surface area contributed by atoms with Gasteiger partial charge in [0.15, 0.2) is 0 Å². The molecule has 0 unspecified atom stereocenters. The number of allylic oxidation sites excluding steroid dienone is 5. The standard InChI is InChI=1S/C20H19N3/c1-4-15(8-7-14(2)3)20-22-18-10-9-16(12-19(18)23-20)17-6-5-11-21-13-17/h4-13H,1H2,2-3H3,(H,22,23)/b15-8+. The Bertz CT molecular complexity index is 895. The first-order valence-corrected chi connectivity index (χ1v) is 7.55. The minimum absolute atomic E-state index is 0.829. The number of benzene rings is 1. The third-order valence-electron chi connectivity index (χ3n) is 3.57. The fraction of sp³-hybridized carbons (Fsp3) is 0.100. The van der Waals surface area contributed by atoms with Crippen molar-refractivity contribution in [1.29, 1.82) is 0 Å². The summed E-state index contributed by atoms with van der Waals surface area (Å²) in [4.78, 5) is 12.2. The molecule has 0 fully saturated rings. The number of H-pyrrole nitrogens is 1. The van der Waals surface area contributed by atoms with Gasteiger partial charge in [-0.2, -0.15) is 0 Å². The summed E-state index contributed by atoms with van der Waals surface area (Å²) in [5.74, 6) is 0.829. The van der Waals surface area contributed by atoms with Crippen LogP contribution >= 0.6 is 0 Å². The van der Waals surface area contributed by atoms with E-state index in [4.69, 9.17) is 0 Å². The van der Waals surface area contributed by atoms with Crippen molar-refractivity contribution in [3.63, 3.8) is 0 Å². The first-order chi connectivity index (χ1) is 11.2. The first kappa shape index (κ1) is 15.0. The number of pyridine rings is 1. The van der Waals surface area contributed by atoms with Crippen molar-refractivity contribution in [3.05, 3.63) is 78.9 Å². The predicted octanol–water partition coefficient (Wildman–Crippen LogP) is 5.16. The van der Waals surface area contributed by atoms with Gasteiger partial charge in [-0.25, -0.2) is 4.98 Å². The summed E-state index contributed by atoms with van der Waals surface area (Å²) in [6, 6.07) is 10.2. The number of imidazole rings is 1. The molecule has 0 atom stereocenters. The van der Waals surface area contributed by atoms with E-state index in [1.165, 1.54) is 5.57 Å². The molecule has 0 aliphatic heterocycles. The van der Waals surface area contributed by atoms with Gasteiger partial charge < -0.3 is 4.98 Å². The average molecular weight is 301 g/mol. The van der Waals surface area contributed by atoms with E-state index in [0.29, 0.717) is 0 Å². The molecule has 0 bridgehead atoms. The number of aromatic amines is 1. The zero-order valence-electron chi connectivity index (χ0n) is 13.4. The second-order valence-corrected chi connectivity index (χ2v) is 5.63. The summed E-state index contributed by atoms with van der Waals surface area (Å²) in [6.45, 7) is 8.02. The van der Waals surface area contributed by atoms with Crippen molar-refractivity contribution >= 4 is 16.6 Å². The van der Waals surface area contributed by atoms with Crippen LogP contribution in [0.25, 0.3) is 27.7 Å². The van der Waals surface area contributed by atoms with Gasteiger partial charge in [-0.05, 0) is 37.6 Å². The van der Waals surface area contributed by atoms with Crippen molar-refractivity contribution in [2.45, 2.75) is 13.8 Å². The highest BCUT2D eigenvalue weighted by Gasteiger charge is 2.07. The third-order valence-corrected chi connectivity index (χ3v) is 3.57. The van der Waals surface area contributed by atoms with Crippen LogP contribution in [0, 0.1) is 0 Å². The number of nitrogens with one attached hydrogen (secondary N) is 1. The van der Waals surface area contributed by atoms with Crippen molar-refractivity contribution in [3.8, 4) is 11.1 Å². The molecule has 3 aromatic rings. The number of nitrogens with zero attached hydrogens (tertiary/aromatic N) is 2. The molecule has 3 nitrogen and oxygen atoms in total. The Morgan fingerprint density at radius 2 is 2.00 bits per heavy atom. The first-order valence-electron chi connectivity index (χ1n) is 7.55. The lowest BCUT2D eigenvalue weighted by Crippen LogP contribution is -1.83. The Morgan fingerprint density at radius 1 is 1.13 bits per heavy atom. The lowest BCUT2D eigenvalue weighted by Gasteiger charge is -1.99. The zero-order chi connectivity index (χ0) is 16.2. The molecule has 1 aromatic carbocycles. The third kappa shape index (κ3) is 3.29. The maximum absolute atomic E-state index is 4.66. The lowest BCUT2D eigenvalue weighted by molar-refractivity contribution is 1.27. The number of hydrogen-bond acceptors (Lipinski definition) is 2. The molecule has 114 valence electrons. The topological polar surface area (TPSA) is 41.6 Å². The van der Waals surface area contributed by atoms with E-state index in [1.807, 2.05) is 30.5 Å². The van der Waals surface area contributed by atoms with E-state index in [1.54, 1.807) is 6.20 Å². The van der Waals surface area contributed by atoms with Gasteiger partial charge in [-0.3, -0.25) is 4.98 Å². The van der Waals surface area contributed by atoms with Gasteiger partial charge in [0.05, 0.1) is 11.0 Å². The van der Waals surface area contributed by atoms with Gasteiger partial charge in [-0.1, -0.05) is 42.5 Å². The van der Waals surface area contributed by atoms with Crippen molar-refractivity contribution in [2.75, 3.05) is 0 Å². The van der Waals surface area contributed by atoms with Crippen molar-refractivity contribution in [2.24, 2.45) is 0 Å². The molecule has 3 heteroatoms. The summed E-state index contributed by atoms with van der Waals surface area (Å²) in [6.07, 6.45) is 9.55. The molecular formula is C20H19N3. The molecule has 0 spiro atoms. The Kier molecular flexibility index (Phi) is 4.20. The largest absolute Gasteiger partial charge is 0.338 e. The minimum Gasteiger partial charge on any atom is -0.338 e. The molecule has 2 aromatic heterocycles. The Morgan fingerprint density at radius 3 is 2.70 bits per heavy atom. The van der Waals surface area contributed by atoms with Crippen LogP contribution in [0.4, 0.5) is 0 Å². The number of aromatic nitrogens is 3. The molecule has 0 radical (unpaired) electrons. The summed E-state index contributed by atoms with van der Waals surface area (Å²) < 4.78 is 0. The Hall–Kier alpha value is -2.94. The lowest BCUT2D eigenvalue weighted by atomic mass is 10.1. The van der Waals surface area contributed by atoms with Crippen molar-refractivity contribution < 1.29 is 0 Å². The highest BCUT2D eigenvalue weighted by atomic mass is 14.9. The highest BCUT2D eigenvalue weighted by molar-refractivity contribution is 5.85. The number of hydrogen-bond donors (Lipinski definition) is 1. The minimum atomic E-state index is 0.829. The summed E-state index contributed by atoms with van der Waals surface area (Å²) >= 11 is 0. The molecule has 0 saturated carbocycles. The van der Waals surface area contributed by atoms with Gasteiger partial charge in [-0.15, -0.1) is 0 Å². The van der Waals surface area contributed by atoms with Crippen LogP contribution in [-0.4, -0.2) is 15.0 Å². The van der Waals surface area contributed by atoms with Crippen LogP contribution in [0.5, 0.6) is 0 Å². The molecule has 23 heavy (non-hydrogen) atoms. The number of fused-ring (bicyclic) bond motifs is 1. The van der Waals surface area contributed by atoms with E-state index in [9.17, 15) is 0 Å². The van der Waals surface area contributed by atoms with E-state index >= 15 is 0 Å². The van der Waals surface area contributed by atoms with Crippen LogP contribution < -0.4 is 0 Å². The van der Waals surface area contributed by atoms with Gasteiger partial charge in [0.2, 0.25) is 0 Å². The van der Waals surface area contributed by atoms with Gasteiger partial charge >= 0.3 is 0 Å². The zero-order valence-corrected chi connectivity index (χ0v) is 13.4. The summed E-state index contributed by atoms with van der Waals surface area (Å²) in [5, 5.41) is 0. The van der Waals surface area contributed by atoms with E-state index < -0.39 is 0 Å². The maximum atomic E-state index is 4.66. The van der Waals surface area contributed by atoms with Crippen LogP contribution in [0.15, 0.2) is 73.1 Å². The maximum Gasteiger partial charge on any atom is 0.138 e. The number of rotatable bonds is 4. The summed E-state index contributed by atoms with van der Waals surface area (Å²) in [5.41, 5.74) is 6.37. The normalized spacial score (nSPS) is 11.5. The molecule has 0 saturated heterocycles. The Balaban J connectivity index is 2.04. The van der Waals surface area contributed by atoms with Gasteiger partial charge in [0.25, 0.3) is 0 Å². The van der Waals surface area contributed by atoms with Crippen LogP contribution in [0.2, 0.25) is 0 Å². The molecular weight excluding hydrogens is 282 g/mol. The monoisotopic (exact) mass is 301 g/mol. The molecule has 0 amide bonds. The molecule has 2 heterocycles. The van der Waals surface area contributed by atoms with E-state index in [0.717, 1.165) is 33.6 Å².